The van der Waals surface area contributed by atoms with Crippen molar-refractivity contribution < 1.29 is 4.79 Å². The zero-order valence-electron chi connectivity index (χ0n) is 14.6. The van der Waals surface area contributed by atoms with E-state index in [-0.39, 0.29) is 16.7 Å². The number of anilines is 1. The molecular weight excluding hydrogens is 314 g/mol. The van der Waals surface area contributed by atoms with Crippen LogP contribution in [-0.2, 0) is 0 Å². The third-order valence-corrected chi connectivity index (χ3v) is 4.00. The van der Waals surface area contributed by atoms with Crippen LogP contribution in [0.25, 0.3) is 0 Å². The normalized spacial score (nSPS) is 16.7. The lowest BCUT2D eigenvalue weighted by Gasteiger charge is -2.38. The number of piperazine rings is 1. The van der Waals surface area contributed by atoms with Gasteiger partial charge in [-0.15, -0.1) is 0 Å². The van der Waals surface area contributed by atoms with Crippen molar-refractivity contribution in [1.82, 2.24) is 20.2 Å². The van der Waals surface area contributed by atoms with Gasteiger partial charge in [0.15, 0.2) is 0 Å². The van der Waals surface area contributed by atoms with Gasteiger partial charge in [-0.3, -0.25) is 9.69 Å². The summed E-state index contributed by atoms with van der Waals surface area (Å²) >= 11 is 5.96. The van der Waals surface area contributed by atoms with Gasteiger partial charge in [0, 0.05) is 44.0 Å². The molecule has 0 unspecified atom stereocenters. The number of hydrogen-bond acceptors (Lipinski definition) is 5. The van der Waals surface area contributed by atoms with Gasteiger partial charge in [-0.2, -0.15) is 4.98 Å². The Bertz CT molecular complexity index is 562. The van der Waals surface area contributed by atoms with Crippen molar-refractivity contribution in [3.63, 3.8) is 0 Å². The largest absolute Gasteiger partial charge is 0.353 e. The highest BCUT2D eigenvalue weighted by atomic mass is 35.5. The molecule has 0 bridgehead atoms. The van der Waals surface area contributed by atoms with E-state index in [0.717, 1.165) is 26.2 Å². The van der Waals surface area contributed by atoms with Gasteiger partial charge >= 0.3 is 0 Å². The molecule has 1 aliphatic heterocycles. The van der Waals surface area contributed by atoms with Crippen molar-refractivity contribution in [2.45, 2.75) is 46.2 Å². The Labute approximate surface area is 143 Å². The van der Waals surface area contributed by atoms with Gasteiger partial charge in [0.05, 0.1) is 0 Å². The summed E-state index contributed by atoms with van der Waals surface area (Å²) in [6, 6.07) is 0.523. The van der Waals surface area contributed by atoms with Crippen LogP contribution in [-0.4, -0.2) is 58.5 Å². The molecule has 1 saturated heterocycles. The average Bonchev–Trinajstić information content (AvgIpc) is 2.45. The second kappa shape index (κ2) is 7.01. The number of hydrogen-bond donors (Lipinski definition) is 1. The summed E-state index contributed by atoms with van der Waals surface area (Å²) in [5.41, 5.74) is 0.159. The molecule has 0 aromatic carbocycles. The van der Waals surface area contributed by atoms with Gasteiger partial charge in [0.1, 0.15) is 11.4 Å². The standard InChI is InChI=1S/C16H26ClN5O/c1-11(2)21-6-8-22(9-7-21)13-12(10-18-15(17)19-13)14(23)20-16(3,4)5/h10-11H,6-9H2,1-5H3,(H,20,23). The molecule has 23 heavy (non-hydrogen) atoms. The smallest absolute Gasteiger partial charge is 0.257 e. The van der Waals surface area contributed by atoms with E-state index >= 15 is 0 Å². The van der Waals surface area contributed by atoms with Crippen LogP contribution in [0.4, 0.5) is 5.82 Å². The van der Waals surface area contributed by atoms with Crippen LogP contribution in [0, 0.1) is 0 Å². The Morgan fingerprint density at radius 1 is 1.26 bits per heavy atom. The van der Waals surface area contributed by atoms with E-state index in [1.165, 1.54) is 6.20 Å². The van der Waals surface area contributed by atoms with Gasteiger partial charge in [-0.1, -0.05) is 0 Å². The minimum Gasteiger partial charge on any atom is -0.353 e. The summed E-state index contributed by atoms with van der Waals surface area (Å²) in [4.78, 5) is 25.4. The highest BCUT2D eigenvalue weighted by molar-refractivity contribution is 6.28. The fourth-order valence-corrected chi connectivity index (χ4v) is 2.74. The van der Waals surface area contributed by atoms with Gasteiger partial charge in [0.25, 0.3) is 5.91 Å². The molecule has 0 radical (unpaired) electrons. The summed E-state index contributed by atoms with van der Waals surface area (Å²) in [5, 5.41) is 3.13. The minimum atomic E-state index is -0.315. The molecular formula is C16H26ClN5O. The Hall–Kier alpha value is -1.40. The van der Waals surface area contributed by atoms with Crippen LogP contribution < -0.4 is 10.2 Å². The van der Waals surface area contributed by atoms with E-state index in [4.69, 9.17) is 11.6 Å². The highest BCUT2D eigenvalue weighted by Crippen LogP contribution is 2.22. The summed E-state index contributed by atoms with van der Waals surface area (Å²) in [5.74, 6) is 0.450. The Kier molecular flexibility index (Phi) is 5.47. The number of amides is 1. The highest BCUT2D eigenvalue weighted by Gasteiger charge is 2.26. The zero-order chi connectivity index (χ0) is 17.2. The van der Waals surface area contributed by atoms with Gasteiger partial charge < -0.3 is 10.2 Å². The van der Waals surface area contributed by atoms with E-state index in [1.807, 2.05) is 20.8 Å². The lowest BCUT2D eigenvalue weighted by molar-refractivity contribution is 0.0919. The van der Waals surface area contributed by atoms with Crippen molar-refractivity contribution in [2.24, 2.45) is 0 Å². The molecule has 1 aliphatic rings. The van der Waals surface area contributed by atoms with Crippen molar-refractivity contribution in [2.75, 3.05) is 31.1 Å². The first-order chi connectivity index (χ1) is 10.7. The summed E-state index contributed by atoms with van der Waals surface area (Å²) in [7, 11) is 0. The van der Waals surface area contributed by atoms with E-state index < -0.39 is 0 Å². The predicted octanol–water partition coefficient (Wildman–Crippen LogP) is 2.19. The second-order valence-corrected chi connectivity index (χ2v) is 7.54. The predicted molar refractivity (Wildman–Crippen MR) is 93.2 cm³/mol. The van der Waals surface area contributed by atoms with E-state index in [2.05, 4.69) is 38.9 Å². The number of aromatic nitrogens is 2. The second-order valence-electron chi connectivity index (χ2n) is 7.20. The molecule has 7 heteroatoms. The SMILES string of the molecule is CC(C)N1CCN(c2nc(Cl)ncc2C(=O)NC(C)(C)C)CC1. The van der Waals surface area contributed by atoms with Gasteiger partial charge in [0.2, 0.25) is 5.28 Å². The lowest BCUT2D eigenvalue weighted by Crippen LogP contribution is -2.50. The fraction of sp³-hybridized carbons (Fsp3) is 0.688. The van der Waals surface area contributed by atoms with Crippen LogP contribution in [0.15, 0.2) is 6.20 Å². The van der Waals surface area contributed by atoms with Crippen molar-refractivity contribution in [3.05, 3.63) is 17.0 Å². The average molecular weight is 340 g/mol. The summed E-state index contributed by atoms with van der Waals surface area (Å²) < 4.78 is 0. The lowest BCUT2D eigenvalue weighted by atomic mass is 10.1. The maximum absolute atomic E-state index is 12.5. The molecule has 0 saturated carbocycles. The minimum absolute atomic E-state index is 0.165. The molecule has 0 aliphatic carbocycles. The number of halogens is 1. The van der Waals surface area contributed by atoms with Crippen LogP contribution >= 0.6 is 11.6 Å². The van der Waals surface area contributed by atoms with Crippen molar-refractivity contribution in [1.29, 1.82) is 0 Å². The number of carbonyl (C=O) groups is 1. The summed E-state index contributed by atoms with van der Waals surface area (Å²) in [6.45, 7) is 13.8. The van der Waals surface area contributed by atoms with Crippen LogP contribution in [0.5, 0.6) is 0 Å². The first kappa shape index (κ1) is 17.9. The first-order valence-electron chi connectivity index (χ1n) is 8.01. The first-order valence-corrected chi connectivity index (χ1v) is 8.39. The maximum Gasteiger partial charge on any atom is 0.257 e. The van der Waals surface area contributed by atoms with Crippen molar-refractivity contribution >= 4 is 23.3 Å². The molecule has 0 spiro atoms. The number of nitrogens with one attached hydrogen (secondary N) is 1. The number of carbonyl (C=O) groups excluding carboxylic acids is 1. The summed E-state index contributed by atoms with van der Waals surface area (Å²) in [6.07, 6.45) is 1.51. The maximum atomic E-state index is 12.5. The topological polar surface area (TPSA) is 61.4 Å². The molecule has 1 amide bonds. The third kappa shape index (κ3) is 4.78. The van der Waals surface area contributed by atoms with E-state index in [0.29, 0.717) is 17.4 Å². The third-order valence-electron chi connectivity index (χ3n) is 3.82. The number of nitrogens with zero attached hydrogens (tertiary/aromatic N) is 4. The molecule has 1 fully saturated rings. The fourth-order valence-electron chi connectivity index (χ4n) is 2.61. The Balaban J connectivity index is 2.21. The molecule has 0 atom stereocenters. The zero-order valence-corrected chi connectivity index (χ0v) is 15.3. The quantitative estimate of drug-likeness (QED) is 0.855. The van der Waals surface area contributed by atoms with Crippen molar-refractivity contribution in [3.8, 4) is 0 Å². The molecule has 1 aromatic heterocycles. The van der Waals surface area contributed by atoms with Crippen LogP contribution in [0.2, 0.25) is 5.28 Å². The van der Waals surface area contributed by atoms with E-state index in [1.54, 1.807) is 0 Å². The Morgan fingerprint density at radius 2 is 1.87 bits per heavy atom. The molecule has 2 heterocycles. The molecule has 2 rings (SSSR count). The Morgan fingerprint density at radius 3 is 2.39 bits per heavy atom. The molecule has 1 N–H and O–H groups in total. The van der Waals surface area contributed by atoms with Crippen LogP contribution in [0.3, 0.4) is 0 Å². The molecule has 6 nitrogen and oxygen atoms in total. The monoisotopic (exact) mass is 339 g/mol. The van der Waals surface area contributed by atoms with Gasteiger partial charge in [-0.05, 0) is 46.2 Å². The van der Waals surface area contributed by atoms with Crippen LogP contribution in [0.1, 0.15) is 45.0 Å². The van der Waals surface area contributed by atoms with Gasteiger partial charge in [-0.25, -0.2) is 4.98 Å². The van der Waals surface area contributed by atoms with E-state index in [9.17, 15) is 4.79 Å². The molecule has 128 valence electrons. The molecule has 1 aromatic rings. The number of rotatable bonds is 3.